The number of aromatic nitrogens is 4. The molecule has 0 N–H and O–H groups in total. The molecule has 0 amide bonds. The van der Waals surface area contributed by atoms with Gasteiger partial charge in [0.1, 0.15) is 0 Å². The van der Waals surface area contributed by atoms with Crippen molar-refractivity contribution in [1.29, 1.82) is 0 Å². The molecule has 0 fully saturated rings. The Hall–Kier alpha value is -9.38. The first-order chi connectivity index (χ1) is 34.7. The molecule has 4 heteroatoms. The number of hydrogen-bond acceptors (Lipinski definition) is 2. The van der Waals surface area contributed by atoms with E-state index in [4.69, 9.17) is 9.97 Å². The minimum atomic E-state index is 0.691. The van der Waals surface area contributed by atoms with Crippen molar-refractivity contribution in [3.8, 4) is 67.5 Å². The molecule has 14 rings (SSSR count). The maximum atomic E-state index is 5.22. The predicted molar refractivity (Wildman–Crippen MR) is 293 cm³/mol. The van der Waals surface area contributed by atoms with Crippen LogP contribution in [0.3, 0.4) is 0 Å². The van der Waals surface area contributed by atoms with E-state index in [1.165, 1.54) is 76.3 Å². The first-order valence-electron chi connectivity index (χ1n) is 23.9. The summed E-state index contributed by atoms with van der Waals surface area (Å²) in [6.07, 6.45) is 0. The second kappa shape index (κ2) is 16.2. The number of rotatable bonds is 7. The highest BCUT2D eigenvalue weighted by Crippen LogP contribution is 2.40. The molecule has 0 aliphatic heterocycles. The molecule has 0 unspecified atom stereocenters. The summed E-state index contributed by atoms with van der Waals surface area (Å²) in [6, 6.07) is 91.8. The van der Waals surface area contributed by atoms with Gasteiger partial charge in [0.2, 0.25) is 0 Å². The third kappa shape index (κ3) is 6.53. The summed E-state index contributed by atoms with van der Waals surface area (Å²) < 4.78 is 4.84. The van der Waals surface area contributed by atoms with Crippen molar-refractivity contribution in [2.24, 2.45) is 0 Å². The summed E-state index contributed by atoms with van der Waals surface area (Å²) in [5.41, 5.74) is 16.3. The monoisotopic (exact) mass is 890 g/mol. The molecule has 0 bridgehead atoms. The Kier molecular flexibility index (Phi) is 9.17. The van der Waals surface area contributed by atoms with Gasteiger partial charge in [-0.15, -0.1) is 0 Å². The molecule has 3 aromatic heterocycles. The Balaban J connectivity index is 0.898. The average Bonchev–Trinajstić information content (AvgIpc) is 3.96. The smallest absolute Gasteiger partial charge is 0.160 e. The van der Waals surface area contributed by atoms with E-state index in [9.17, 15) is 0 Å². The largest absolute Gasteiger partial charge is 0.309 e. The first-order valence-corrected chi connectivity index (χ1v) is 23.9. The van der Waals surface area contributed by atoms with E-state index in [1.54, 1.807) is 0 Å². The van der Waals surface area contributed by atoms with Gasteiger partial charge in [-0.1, -0.05) is 200 Å². The molecule has 326 valence electrons. The van der Waals surface area contributed by atoms with Crippen LogP contribution in [-0.4, -0.2) is 19.1 Å². The van der Waals surface area contributed by atoms with Gasteiger partial charge >= 0.3 is 0 Å². The molecule has 0 radical (unpaired) electrons. The van der Waals surface area contributed by atoms with E-state index in [2.05, 4.69) is 246 Å². The lowest BCUT2D eigenvalue weighted by molar-refractivity contribution is 1.13. The Labute approximate surface area is 404 Å². The zero-order valence-corrected chi connectivity index (χ0v) is 38.0. The van der Waals surface area contributed by atoms with E-state index in [1.807, 2.05) is 18.2 Å². The minimum Gasteiger partial charge on any atom is -0.309 e. The molecule has 0 aliphatic carbocycles. The summed E-state index contributed by atoms with van der Waals surface area (Å²) in [6.45, 7) is 0. The lowest BCUT2D eigenvalue weighted by atomic mass is 9.93. The van der Waals surface area contributed by atoms with Crippen molar-refractivity contribution in [3.05, 3.63) is 255 Å². The van der Waals surface area contributed by atoms with E-state index in [-0.39, 0.29) is 0 Å². The zero-order valence-electron chi connectivity index (χ0n) is 38.0. The van der Waals surface area contributed by atoms with Crippen LogP contribution in [0.1, 0.15) is 0 Å². The molecular weight excluding hydrogens is 849 g/mol. The number of hydrogen-bond donors (Lipinski definition) is 0. The van der Waals surface area contributed by atoms with Crippen molar-refractivity contribution in [2.45, 2.75) is 0 Å². The molecule has 4 nitrogen and oxygen atoms in total. The Morgan fingerprint density at radius 3 is 1.16 bits per heavy atom. The maximum absolute atomic E-state index is 5.22. The van der Waals surface area contributed by atoms with Gasteiger partial charge in [0.15, 0.2) is 5.82 Å². The molecule has 0 aliphatic rings. The summed E-state index contributed by atoms with van der Waals surface area (Å²) in [5, 5.41) is 9.95. The fraction of sp³-hybridized carbons (Fsp3) is 0. The van der Waals surface area contributed by atoms with E-state index in [0.29, 0.717) is 5.82 Å². The van der Waals surface area contributed by atoms with Crippen LogP contribution in [0.5, 0.6) is 0 Å². The van der Waals surface area contributed by atoms with Gasteiger partial charge in [0, 0.05) is 49.6 Å². The van der Waals surface area contributed by atoms with Crippen LogP contribution in [0.15, 0.2) is 255 Å². The summed E-state index contributed by atoms with van der Waals surface area (Å²) in [7, 11) is 0. The number of para-hydroxylation sites is 4. The highest BCUT2D eigenvalue weighted by atomic mass is 15.0. The summed E-state index contributed by atoms with van der Waals surface area (Å²) in [5.74, 6) is 0.691. The molecule has 0 saturated carbocycles. The van der Waals surface area contributed by atoms with Crippen molar-refractivity contribution < 1.29 is 0 Å². The third-order valence-electron chi connectivity index (χ3n) is 14.1. The average molecular weight is 891 g/mol. The molecule has 0 spiro atoms. The maximum Gasteiger partial charge on any atom is 0.160 e. The third-order valence-corrected chi connectivity index (χ3v) is 14.1. The van der Waals surface area contributed by atoms with Crippen LogP contribution in [0, 0.1) is 0 Å². The topological polar surface area (TPSA) is 35.6 Å². The number of nitrogens with zero attached hydrogens (tertiary/aromatic N) is 4. The van der Waals surface area contributed by atoms with Crippen LogP contribution < -0.4 is 0 Å². The summed E-state index contributed by atoms with van der Waals surface area (Å²) >= 11 is 0. The lowest BCUT2D eigenvalue weighted by Gasteiger charge is -2.16. The zero-order chi connectivity index (χ0) is 46.1. The highest BCUT2D eigenvalue weighted by molar-refractivity contribution is 6.14. The van der Waals surface area contributed by atoms with Gasteiger partial charge < -0.3 is 9.13 Å². The first kappa shape index (κ1) is 39.8. The standard InChI is InChI=1S/C66H42N4/c1-2-16-47(17-3-1)66-67-60(42-61(68-66)46-36-32-44(33-37-46)59-40-48-18-4-5-19-52(48)53-20-6-7-21-54(53)59)45-34-30-43(31-35-45)49-38-50(69-62-26-12-8-22-55(62)56-23-9-13-27-63(56)69)41-51(39-49)70-64-28-14-10-24-57(64)58-25-11-15-29-65(58)70/h1-42H. The van der Waals surface area contributed by atoms with Crippen molar-refractivity contribution in [2.75, 3.05) is 0 Å². The summed E-state index contributed by atoms with van der Waals surface area (Å²) in [4.78, 5) is 10.4. The van der Waals surface area contributed by atoms with E-state index < -0.39 is 0 Å². The van der Waals surface area contributed by atoms with Crippen molar-refractivity contribution in [1.82, 2.24) is 19.1 Å². The Bertz CT molecular complexity index is 4090. The van der Waals surface area contributed by atoms with Crippen molar-refractivity contribution >= 4 is 65.2 Å². The molecule has 14 aromatic rings. The Morgan fingerprint density at radius 2 is 0.643 bits per heavy atom. The molecule has 3 heterocycles. The lowest BCUT2D eigenvalue weighted by Crippen LogP contribution is -2.00. The quantitative estimate of drug-likeness (QED) is 0.149. The predicted octanol–water partition coefficient (Wildman–Crippen LogP) is 17.3. The van der Waals surface area contributed by atoms with Gasteiger partial charge in [-0.2, -0.15) is 0 Å². The molecule has 0 atom stereocenters. The van der Waals surface area contributed by atoms with E-state index >= 15 is 0 Å². The fourth-order valence-corrected chi connectivity index (χ4v) is 10.8. The fourth-order valence-electron chi connectivity index (χ4n) is 10.8. The normalized spacial score (nSPS) is 11.7. The molecule has 11 aromatic carbocycles. The van der Waals surface area contributed by atoms with Gasteiger partial charge in [-0.05, 0) is 98.4 Å². The molecular formula is C66H42N4. The SMILES string of the molecule is c1ccc(-c2nc(-c3ccc(-c4cc(-n5c6ccccc6c6ccccc65)cc(-n5c6ccccc6c6ccccc65)c4)cc3)cc(-c3ccc(-c4cc5ccccc5c5ccccc45)cc3)n2)cc1. The van der Waals surface area contributed by atoms with Gasteiger partial charge in [0.05, 0.1) is 33.5 Å². The number of benzene rings is 11. The van der Waals surface area contributed by atoms with Crippen LogP contribution in [-0.2, 0) is 0 Å². The molecule has 0 saturated heterocycles. The van der Waals surface area contributed by atoms with Crippen LogP contribution in [0.4, 0.5) is 0 Å². The minimum absolute atomic E-state index is 0.691. The van der Waals surface area contributed by atoms with Crippen LogP contribution in [0.2, 0.25) is 0 Å². The number of fused-ring (bicyclic) bond motifs is 9. The van der Waals surface area contributed by atoms with Gasteiger partial charge in [-0.3, -0.25) is 0 Å². The van der Waals surface area contributed by atoms with Crippen molar-refractivity contribution in [3.63, 3.8) is 0 Å². The van der Waals surface area contributed by atoms with Crippen LogP contribution >= 0.6 is 0 Å². The highest BCUT2D eigenvalue weighted by Gasteiger charge is 2.18. The Morgan fingerprint density at radius 1 is 0.243 bits per heavy atom. The van der Waals surface area contributed by atoms with Gasteiger partial charge in [0.25, 0.3) is 0 Å². The van der Waals surface area contributed by atoms with E-state index in [0.717, 1.165) is 50.6 Å². The van der Waals surface area contributed by atoms with Crippen LogP contribution in [0.25, 0.3) is 133 Å². The second-order valence-corrected chi connectivity index (χ2v) is 18.2. The van der Waals surface area contributed by atoms with Gasteiger partial charge in [-0.25, -0.2) is 9.97 Å². The second-order valence-electron chi connectivity index (χ2n) is 18.2. The molecule has 70 heavy (non-hydrogen) atoms.